The summed E-state index contributed by atoms with van der Waals surface area (Å²) in [7, 11) is -4.61. The molecular formula is C17H21F3N6O3S. The Morgan fingerprint density at radius 2 is 1.87 bits per heavy atom. The van der Waals surface area contributed by atoms with Crippen LogP contribution in [0.3, 0.4) is 0 Å². The van der Waals surface area contributed by atoms with E-state index >= 15 is 0 Å². The molecule has 30 heavy (non-hydrogen) atoms. The highest BCUT2D eigenvalue weighted by molar-refractivity contribution is 7.89. The second-order valence-corrected chi connectivity index (χ2v) is 8.54. The topological polar surface area (TPSA) is 120 Å². The molecule has 2 heterocycles. The third-order valence-electron chi connectivity index (χ3n) is 4.56. The van der Waals surface area contributed by atoms with Gasteiger partial charge in [0, 0.05) is 13.1 Å². The molecule has 13 heteroatoms. The Hall–Kier alpha value is -2.67. The maximum Gasteiger partial charge on any atom is 0.417 e. The summed E-state index contributed by atoms with van der Waals surface area (Å²) in [6.45, 7) is 2.80. The number of benzene rings is 1. The zero-order valence-electron chi connectivity index (χ0n) is 16.0. The molecule has 0 saturated carbocycles. The van der Waals surface area contributed by atoms with Crippen molar-refractivity contribution in [1.82, 2.24) is 19.9 Å². The predicted octanol–water partition coefficient (Wildman–Crippen LogP) is 2.12. The van der Waals surface area contributed by atoms with Gasteiger partial charge in [-0.15, -0.1) is 5.10 Å². The minimum absolute atomic E-state index is 0.0160. The van der Waals surface area contributed by atoms with Gasteiger partial charge < -0.3 is 4.90 Å². The monoisotopic (exact) mass is 446 g/mol. The van der Waals surface area contributed by atoms with Gasteiger partial charge in [-0.1, -0.05) is 12.1 Å². The highest BCUT2D eigenvalue weighted by Gasteiger charge is 2.37. The van der Waals surface area contributed by atoms with E-state index in [1.54, 1.807) is 0 Å². The highest BCUT2D eigenvalue weighted by atomic mass is 32.2. The van der Waals surface area contributed by atoms with E-state index in [-0.39, 0.29) is 5.95 Å². The van der Waals surface area contributed by atoms with E-state index in [2.05, 4.69) is 20.5 Å². The summed E-state index contributed by atoms with van der Waals surface area (Å²) in [5, 5.41) is 8.95. The molecule has 3 rings (SSSR count). The summed E-state index contributed by atoms with van der Waals surface area (Å²) in [5.41, 5.74) is -1.31. The minimum atomic E-state index is -4.86. The van der Waals surface area contributed by atoms with Crippen LogP contribution in [0.5, 0.6) is 0 Å². The van der Waals surface area contributed by atoms with Crippen molar-refractivity contribution in [3.05, 3.63) is 29.8 Å². The van der Waals surface area contributed by atoms with E-state index < -0.39 is 38.6 Å². The number of piperidine rings is 1. The highest BCUT2D eigenvalue weighted by Crippen LogP contribution is 2.33. The van der Waals surface area contributed by atoms with Crippen LogP contribution in [0.2, 0.25) is 0 Å². The molecule has 1 atom stereocenters. The molecule has 1 aliphatic heterocycles. The van der Waals surface area contributed by atoms with Crippen molar-refractivity contribution in [2.75, 3.05) is 23.3 Å². The molecule has 1 aliphatic rings. The Morgan fingerprint density at radius 3 is 2.53 bits per heavy atom. The summed E-state index contributed by atoms with van der Waals surface area (Å²) in [6, 6.07) is 2.39. The number of carbonyl (C=O) groups excluding carboxylic acids is 1. The first-order valence-corrected chi connectivity index (χ1v) is 10.7. The lowest BCUT2D eigenvalue weighted by atomic mass is 10.1. The number of aromatic nitrogens is 3. The van der Waals surface area contributed by atoms with Gasteiger partial charge in [0.1, 0.15) is 0 Å². The second-order valence-electron chi connectivity index (χ2n) is 6.86. The van der Waals surface area contributed by atoms with Crippen molar-refractivity contribution in [2.45, 2.75) is 43.3 Å². The van der Waals surface area contributed by atoms with Crippen molar-refractivity contribution in [2.24, 2.45) is 0 Å². The molecular weight excluding hydrogens is 425 g/mol. The predicted molar refractivity (Wildman–Crippen MR) is 102 cm³/mol. The smallest absolute Gasteiger partial charge is 0.340 e. The lowest BCUT2D eigenvalue weighted by Gasteiger charge is -2.24. The maximum atomic E-state index is 13.1. The molecule has 0 unspecified atom stereocenters. The number of nitrogens with zero attached hydrogens (tertiary/aromatic N) is 3. The first-order chi connectivity index (χ1) is 14.1. The van der Waals surface area contributed by atoms with E-state index in [4.69, 9.17) is 0 Å². The van der Waals surface area contributed by atoms with Gasteiger partial charge in [0.25, 0.3) is 0 Å². The Balaban J connectivity index is 1.68. The quantitative estimate of drug-likeness (QED) is 0.625. The first kappa shape index (κ1) is 22.0. The number of carbonyl (C=O) groups is 1. The summed E-state index contributed by atoms with van der Waals surface area (Å²) >= 11 is 0. The van der Waals surface area contributed by atoms with Gasteiger partial charge in [-0.3, -0.25) is 10.1 Å². The third-order valence-corrected chi connectivity index (χ3v) is 6.16. The fraction of sp³-hybridized carbons (Fsp3) is 0.471. The van der Waals surface area contributed by atoms with Crippen LogP contribution in [0.15, 0.2) is 29.2 Å². The number of hydrogen-bond donors (Lipinski definition) is 3. The Kier molecular flexibility index (Phi) is 6.31. The van der Waals surface area contributed by atoms with Crippen molar-refractivity contribution >= 4 is 27.8 Å². The van der Waals surface area contributed by atoms with Crippen LogP contribution in [0.1, 0.15) is 31.7 Å². The average Bonchev–Trinajstić information content (AvgIpc) is 3.16. The number of aromatic amines is 1. The number of sulfonamides is 1. The fourth-order valence-corrected chi connectivity index (χ4v) is 4.48. The number of alkyl halides is 3. The molecule has 9 nitrogen and oxygen atoms in total. The van der Waals surface area contributed by atoms with E-state index in [0.717, 1.165) is 44.5 Å². The fourth-order valence-electron chi connectivity index (χ4n) is 3.05. The van der Waals surface area contributed by atoms with Gasteiger partial charge in [-0.2, -0.15) is 22.9 Å². The second kappa shape index (κ2) is 8.60. The van der Waals surface area contributed by atoms with Crippen molar-refractivity contribution in [3.63, 3.8) is 0 Å². The lowest BCUT2D eigenvalue weighted by molar-refractivity contribution is -0.139. The minimum Gasteiger partial charge on any atom is -0.340 e. The SMILES string of the molecule is C[C@H](NS(=O)(=O)c1ccccc1C(F)(F)F)C(=O)Nc1nc(N2CCCCC2)n[nH]1. The van der Waals surface area contributed by atoms with Crippen molar-refractivity contribution in [1.29, 1.82) is 0 Å². The zero-order chi connectivity index (χ0) is 21.9. The Labute approximate surface area is 171 Å². The molecule has 1 aromatic heterocycles. The molecule has 0 radical (unpaired) electrons. The van der Waals surface area contributed by atoms with Gasteiger partial charge in [0.15, 0.2) is 0 Å². The molecule has 164 valence electrons. The van der Waals surface area contributed by atoms with Gasteiger partial charge >= 0.3 is 6.18 Å². The van der Waals surface area contributed by atoms with Gasteiger partial charge in [0.2, 0.25) is 27.8 Å². The maximum absolute atomic E-state index is 13.1. The Morgan fingerprint density at radius 1 is 1.20 bits per heavy atom. The van der Waals surface area contributed by atoms with E-state index in [0.29, 0.717) is 12.0 Å². The number of hydrogen-bond acceptors (Lipinski definition) is 6. The molecule has 0 aliphatic carbocycles. The van der Waals surface area contributed by atoms with Gasteiger partial charge in [-0.25, -0.2) is 13.5 Å². The largest absolute Gasteiger partial charge is 0.417 e. The first-order valence-electron chi connectivity index (χ1n) is 9.25. The molecule has 1 saturated heterocycles. The molecule has 2 aromatic rings. The van der Waals surface area contributed by atoms with Crippen LogP contribution < -0.4 is 14.9 Å². The van der Waals surface area contributed by atoms with E-state index in [1.165, 1.54) is 13.0 Å². The third kappa shape index (κ3) is 5.08. The standard InChI is InChI=1S/C17H21F3N6O3S/c1-11(25-30(28,29)13-8-4-3-7-12(13)17(18,19)20)14(27)21-15-22-16(24-23-15)26-9-5-2-6-10-26/h3-4,7-8,11,25H,2,5-6,9-10H2,1H3,(H2,21,22,23,24,27)/t11-/m0/s1. The summed E-state index contributed by atoms with van der Waals surface area (Å²) in [4.78, 5) is 17.5. The lowest BCUT2D eigenvalue weighted by Crippen LogP contribution is -2.42. The summed E-state index contributed by atoms with van der Waals surface area (Å²) in [6.07, 6.45) is -1.72. The molecule has 1 aromatic carbocycles. The molecule has 0 bridgehead atoms. The number of anilines is 2. The van der Waals surface area contributed by atoms with Crippen LogP contribution in [0, 0.1) is 0 Å². The molecule has 3 N–H and O–H groups in total. The van der Waals surface area contributed by atoms with Crippen LogP contribution in [-0.2, 0) is 21.0 Å². The average molecular weight is 446 g/mol. The normalized spacial score (nSPS) is 16.3. The van der Waals surface area contributed by atoms with Gasteiger partial charge in [0.05, 0.1) is 16.5 Å². The van der Waals surface area contributed by atoms with Crippen LogP contribution >= 0.6 is 0 Å². The van der Waals surface area contributed by atoms with E-state index in [9.17, 15) is 26.4 Å². The van der Waals surface area contributed by atoms with Crippen LogP contribution in [0.4, 0.5) is 25.1 Å². The zero-order valence-corrected chi connectivity index (χ0v) is 16.8. The molecule has 0 spiro atoms. The number of rotatable bonds is 6. The number of nitrogens with one attached hydrogen (secondary N) is 3. The number of halogens is 3. The van der Waals surface area contributed by atoms with Crippen molar-refractivity contribution in [3.8, 4) is 0 Å². The number of amides is 1. The van der Waals surface area contributed by atoms with Crippen LogP contribution in [0.25, 0.3) is 0 Å². The van der Waals surface area contributed by atoms with E-state index in [1.807, 2.05) is 9.62 Å². The van der Waals surface area contributed by atoms with Crippen LogP contribution in [-0.4, -0.2) is 48.6 Å². The molecule has 1 amide bonds. The number of H-pyrrole nitrogens is 1. The summed E-state index contributed by atoms with van der Waals surface area (Å²) in [5.74, 6) is -0.371. The Bertz CT molecular complexity index is 1000. The van der Waals surface area contributed by atoms with Crippen molar-refractivity contribution < 1.29 is 26.4 Å². The van der Waals surface area contributed by atoms with Gasteiger partial charge in [-0.05, 0) is 38.3 Å². The molecule has 1 fully saturated rings. The summed E-state index contributed by atoms with van der Waals surface area (Å²) < 4.78 is 66.2.